The second-order valence-electron chi connectivity index (χ2n) is 6.33. The van der Waals surface area contributed by atoms with Gasteiger partial charge in [-0.2, -0.15) is 0 Å². The quantitative estimate of drug-likeness (QED) is 0.730. The fourth-order valence-electron chi connectivity index (χ4n) is 2.63. The molecule has 0 bridgehead atoms. The molecule has 6 nitrogen and oxygen atoms in total. The number of urea groups is 1. The van der Waals surface area contributed by atoms with Crippen molar-refractivity contribution >= 4 is 6.03 Å². The van der Waals surface area contributed by atoms with Crippen LogP contribution in [0.15, 0.2) is 43.0 Å². The van der Waals surface area contributed by atoms with Gasteiger partial charge in [-0.25, -0.2) is 9.78 Å². The van der Waals surface area contributed by atoms with Gasteiger partial charge in [0, 0.05) is 24.6 Å². The largest absolute Gasteiger partial charge is 0.393 e. The Hall–Kier alpha value is -2.34. The molecule has 24 heavy (non-hydrogen) atoms. The van der Waals surface area contributed by atoms with Crippen molar-refractivity contribution in [2.75, 3.05) is 6.54 Å². The van der Waals surface area contributed by atoms with E-state index >= 15 is 0 Å². The summed E-state index contributed by atoms with van der Waals surface area (Å²) in [5, 5.41) is 15.1. The van der Waals surface area contributed by atoms with Crippen LogP contribution in [0.1, 0.15) is 38.8 Å². The van der Waals surface area contributed by atoms with Crippen molar-refractivity contribution < 1.29 is 9.90 Å². The highest BCUT2D eigenvalue weighted by Crippen LogP contribution is 2.16. The van der Waals surface area contributed by atoms with E-state index in [9.17, 15) is 9.90 Å². The van der Waals surface area contributed by atoms with Crippen LogP contribution in [0.5, 0.6) is 0 Å². The monoisotopic (exact) mass is 330 g/mol. The van der Waals surface area contributed by atoms with Crippen LogP contribution in [0.4, 0.5) is 4.79 Å². The van der Waals surface area contributed by atoms with E-state index in [0.29, 0.717) is 13.0 Å². The molecule has 1 aromatic heterocycles. The van der Waals surface area contributed by atoms with Crippen LogP contribution in [0, 0.1) is 5.92 Å². The SMILES string of the molecule is CC(O)CC(C)CNC(=O)NC(C)c1cccc(-n2ccnc2)c1. The molecular formula is C18H26N4O2. The van der Waals surface area contributed by atoms with Gasteiger partial charge in [0.1, 0.15) is 0 Å². The topological polar surface area (TPSA) is 79.2 Å². The van der Waals surface area contributed by atoms with Crippen molar-refractivity contribution in [3.63, 3.8) is 0 Å². The number of imidazole rings is 1. The molecule has 0 spiro atoms. The highest BCUT2D eigenvalue weighted by atomic mass is 16.3. The van der Waals surface area contributed by atoms with Gasteiger partial charge in [0.2, 0.25) is 0 Å². The number of carbonyl (C=O) groups excluding carboxylic acids is 1. The van der Waals surface area contributed by atoms with Gasteiger partial charge in [-0.1, -0.05) is 19.1 Å². The van der Waals surface area contributed by atoms with E-state index in [1.54, 1.807) is 19.4 Å². The summed E-state index contributed by atoms with van der Waals surface area (Å²) in [5.41, 5.74) is 2.03. The molecule has 2 amide bonds. The van der Waals surface area contributed by atoms with Gasteiger partial charge >= 0.3 is 6.03 Å². The average Bonchev–Trinajstić information content (AvgIpc) is 3.07. The van der Waals surface area contributed by atoms with Gasteiger partial charge in [-0.3, -0.25) is 0 Å². The lowest BCUT2D eigenvalue weighted by Gasteiger charge is -2.18. The Kier molecular flexibility index (Phi) is 6.37. The molecule has 1 heterocycles. The van der Waals surface area contributed by atoms with Crippen LogP contribution in [-0.2, 0) is 0 Å². The number of aliphatic hydroxyl groups is 1. The summed E-state index contributed by atoms with van der Waals surface area (Å²) < 4.78 is 1.92. The molecule has 3 atom stereocenters. The first kappa shape index (κ1) is 18.0. The minimum Gasteiger partial charge on any atom is -0.393 e. The molecule has 6 heteroatoms. The number of nitrogens with one attached hydrogen (secondary N) is 2. The molecule has 3 unspecified atom stereocenters. The van der Waals surface area contributed by atoms with Gasteiger partial charge in [0.25, 0.3) is 0 Å². The maximum atomic E-state index is 12.0. The number of aromatic nitrogens is 2. The van der Waals surface area contributed by atoms with Crippen LogP contribution in [-0.4, -0.2) is 33.3 Å². The van der Waals surface area contributed by atoms with E-state index in [1.807, 2.05) is 48.9 Å². The molecule has 0 aliphatic heterocycles. The third-order valence-electron chi connectivity index (χ3n) is 3.87. The highest BCUT2D eigenvalue weighted by molar-refractivity contribution is 5.74. The van der Waals surface area contributed by atoms with E-state index in [0.717, 1.165) is 11.3 Å². The number of hydrogen-bond donors (Lipinski definition) is 3. The first-order valence-electron chi connectivity index (χ1n) is 8.26. The fraction of sp³-hybridized carbons (Fsp3) is 0.444. The minimum atomic E-state index is -0.352. The van der Waals surface area contributed by atoms with Crippen LogP contribution in [0.25, 0.3) is 5.69 Å². The molecule has 130 valence electrons. The Bertz CT molecular complexity index is 640. The predicted molar refractivity (Wildman–Crippen MR) is 94.0 cm³/mol. The molecule has 0 aliphatic rings. The first-order valence-corrected chi connectivity index (χ1v) is 8.26. The Morgan fingerprint density at radius 2 is 2.12 bits per heavy atom. The molecule has 0 saturated carbocycles. The van der Waals surface area contributed by atoms with Gasteiger partial charge in [-0.05, 0) is 43.9 Å². The number of aliphatic hydroxyl groups excluding tert-OH is 1. The third kappa shape index (κ3) is 5.38. The number of benzene rings is 1. The molecule has 0 fully saturated rings. The van der Waals surface area contributed by atoms with Crippen LogP contribution in [0.2, 0.25) is 0 Å². The fourth-order valence-corrected chi connectivity index (χ4v) is 2.63. The second-order valence-corrected chi connectivity index (χ2v) is 6.33. The van der Waals surface area contributed by atoms with Crippen molar-refractivity contribution in [2.45, 2.75) is 39.3 Å². The first-order chi connectivity index (χ1) is 11.5. The second kappa shape index (κ2) is 8.49. The van der Waals surface area contributed by atoms with Crippen LogP contribution >= 0.6 is 0 Å². The molecule has 0 saturated heterocycles. The van der Waals surface area contributed by atoms with Gasteiger partial charge in [-0.15, -0.1) is 0 Å². The summed E-state index contributed by atoms with van der Waals surface area (Å²) in [7, 11) is 0. The van der Waals surface area contributed by atoms with Gasteiger partial charge < -0.3 is 20.3 Å². The van der Waals surface area contributed by atoms with Crippen molar-refractivity contribution in [3.8, 4) is 5.69 Å². The maximum Gasteiger partial charge on any atom is 0.315 e. The zero-order valence-electron chi connectivity index (χ0n) is 14.4. The molecule has 3 N–H and O–H groups in total. The van der Waals surface area contributed by atoms with Crippen molar-refractivity contribution in [3.05, 3.63) is 48.5 Å². The summed E-state index contributed by atoms with van der Waals surface area (Å²) >= 11 is 0. The molecule has 2 aromatic rings. The number of hydrogen-bond acceptors (Lipinski definition) is 3. The third-order valence-corrected chi connectivity index (χ3v) is 3.87. The van der Waals surface area contributed by atoms with Gasteiger partial charge in [0.15, 0.2) is 0 Å². The number of rotatable bonds is 7. The Balaban J connectivity index is 1.89. The lowest BCUT2D eigenvalue weighted by Crippen LogP contribution is -2.39. The average molecular weight is 330 g/mol. The molecule has 2 rings (SSSR count). The summed E-state index contributed by atoms with van der Waals surface area (Å²) in [5.74, 6) is 0.232. The number of amides is 2. The smallest absolute Gasteiger partial charge is 0.315 e. The zero-order chi connectivity index (χ0) is 17.5. The minimum absolute atomic E-state index is 0.111. The van der Waals surface area contributed by atoms with Crippen molar-refractivity contribution in [1.29, 1.82) is 0 Å². The Morgan fingerprint density at radius 1 is 1.33 bits per heavy atom. The number of nitrogens with zero attached hydrogens (tertiary/aromatic N) is 2. The normalized spacial score (nSPS) is 14.7. The number of carbonyl (C=O) groups is 1. The zero-order valence-corrected chi connectivity index (χ0v) is 14.4. The van der Waals surface area contributed by atoms with Crippen molar-refractivity contribution in [1.82, 2.24) is 20.2 Å². The standard InChI is InChI=1S/C18H26N4O2/c1-13(9-14(2)23)11-20-18(24)21-15(3)16-5-4-6-17(10-16)22-8-7-19-12-22/h4-8,10,12-15,23H,9,11H2,1-3H3,(H2,20,21,24). The summed E-state index contributed by atoms with van der Waals surface area (Å²) in [6, 6.07) is 7.67. The van der Waals surface area contributed by atoms with E-state index in [2.05, 4.69) is 15.6 Å². The summed E-state index contributed by atoms with van der Waals surface area (Å²) in [4.78, 5) is 16.1. The van der Waals surface area contributed by atoms with E-state index in [1.165, 1.54) is 0 Å². The summed E-state index contributed by atoms with van der Waals surface area (Å²) in [6.07, 6.45) is 5.68. The molecule has 0 radical (unpaired) electrons. The van der Waals surface area contributed by atoms with Gasteiger partial charge in [0.05, 0.1) is 18.5 Å². The Labute approximate surface area is 142 Å². The molecule has 0 aliphatic carbocycles. The van der Waals surface area contributed by atoms with E-state index < -0.39 is 0 Å². The lowest BCUT2D eigenvalue weighted by molar-refractivity contribution is 0.163. The lowest BCUT2D eigenvalue weighted by atomic mass is 10.1. The summed E-state index contributed by atoms with van der Waals surface area (Å²) in [6.45, 7) is 6.25. The van der Waals surface area contributed by atoms with Crippen LogP contribution < -0.4 is 10.6 Å². The van der Waals surface area contributed by atoms with Crippen molar-refractivity contribution in [2.24, 2.45) is 5.92 Å². The van der Waals surface area contributed by atoms with Crippen LogP contribution in [0.3, 0.4) is 0 Å². The predicted octanol–water partition coefficient (Wildman–Crippen LogP) is 2.64. The highest BCUT2D eigenvalue weighted by Gasteiger charge is 2.12. The van der Waals surface area contributed by atoms with E-state index in [-0.39, 0.29) is 24.1 Å². The maximum absolute atomic E-state index is 12.0. The van der Waals surface area contributed by atoms with E-state index in [4.69, 9.17) is 0 Å². The Morgan fingerprint density at radius 3 is 2.79 bits per heavy atom. The molecular weight excluding hydrogens is 304 g/mol. The molecule has 1 aromatic carbocycles.